The Kier molecular flexibility index (Phi) is 7.85. The molecule has 1 fully saturated rings. The average Bonchev–Trinajstić information content (AvgIpc) is 3.27. The SMILES string of the molecule is Cl.O=C(c1cc2ccccc2oc1=O)N(CCCN1CCOCC1)c1nc2c(Cl)cccc2s1. The van der Waals surface area contributed by atoms with E-state index in [1.165, 1.54) is 11.3 Å². The number of thiazole rings is 1. The van der Waals surface area contributed by atoms with Gasteiger partial charge < -0.3 is 9.15 Å². The van der Waals surface area contributed by atoms with Crippen molar-refractivity contribution in [1.82, 2.24) is 9.88 Å². The third-order valence-corrected chi connectivity index (χ3v) is 7.01. The van der Waals surface area contributed by atoms with Gasteiger partial charge in [0.25, 0.3) is 5.91 Å². The molecule has 0 atom stereocenters. The number of rotatable bonds is 6. The molecule has 2 aromatic carbocycles. The molecule has 0 aliphatic carbocycles. The minimum Gasteiger partial charge on any atom is -0.422 e. The van der Waals surface area contributed by atoms with Gasteiger partial charge in [0.1, 0.15) is 16.7 Å². The molecule has 34 heavy (non-hydrogen) atoms. The Balaban J connectivity index is 0.00000274. The van der Waals surface area contributed by atoms with Crippen LogP contribution in [0.5, 0.6) is 0 Å². The lowest BCUT2D eigenvalue weighted by atomic mass is 10.1. The van der Waals surface area contributed by atoms with Crippen molar-refractivity contribution in [3.05, 3.63) is 69.5 Å². The van der Waals surface area contributed by atoms with Crippen molar-refractivity contribution in [1.29, 1.82) is 0 Å². The van der Waals surface area contributed by atoms with Gasteiger partial charge in [-0.15, -0.1) is 12.4 Å². The number of ether oxygens (including phenoxy) is 1. The van der Waals surface area contributed by atoms with Crippen LogP contribution in [0.4, 0.5) is 5.13 Å². The summed E-state index contributed by atoms with van der Waals surface area (Å²) in [6.45, 7) is 4.43. The van der Waals surface area contributed by atoms with Crippen LogP contribution in [-0.2, 0) is 4.74 Å². The second-order valence-corrected chi connectivity index (χ2v) is 9.25. The number of nitrogens with zero attached hydrogens (tertiary/aromatic N) is 3. The molecule has 5 rings (SSSR count). The molecule has 3 heterocycles. The molecule has 178 valence electrons. The molecule has 0 N–H and O–H groups in total. The Bertz CT molecular complexity index is 1370. The zero-order valence-electron chi connectivity index (χ0n) is 18.2. The zero-order chi connectivity index (χ0) is 22.8. The number of anilines is 1. The van der Waals surface area contributed by atoms with Crippen LogP contribution in [0, 0.1) is 0 Å². The first-order chi connectivity index (χ1) is 16.1. The molecule has 1 aliphatic heterocycles. The lowest BCUT2D eigenvalue weighted by Crippen LogP contribution is -2.40. The molecule has 0 radical (unpaired) electrons. The monoisotopic (exact) mass is 519 g/mol. The number of para-hydroxylation sites is 2. The van der Waals surface area contributed by atoms with Gasteiger partial charge in [-0.25, -0.2) is 9.78 Å². The number of fused-ring (bicyclic) bond motifs is 2. The summed E-state index contributed by atoms with van der Waals surface area (Å²) < 4.78 is 11.7. The third kappa shape index (κ3) is 5.11. The van der Waals surface area contributed by atoms with Crippen molar-refractivity contribution < 1.29 is 13.9 Å². The van der Waals surface area contributed by atoms with E-state index in [0.29, 0.717) is 33.2 Å². The Morgan fingerprint density at radius 3 is 2.74 bits per heavy atom. The molecule has 1 saturated heterocycles. The van der Waals surface area contributed by atoms with Gasteiger partial charge in [-0.05, 0) is 30.7 Å². The number of halogens is 2. The molecule has 1 amide bonds. The van der Waals surface area contributed by atoms with Crippen molar-refractivity contribution in [2.75, 3.05) is 44.3 Å². The van der Waals surface area contributed by atoms with Crippen LogP contribution in [0.1, 0.15) is 16.8 Å². The summed E-state index contributed by atoms with van der Waals surface area (Å²) in [6, 6.07) is 14.3. The summed E-state index contributed by atoms with van der Waals surface area (Å²) in [5.41, 5.74) is 0.432. The molecule has 0 unspecified atom stereocenters. The maximum absolute atomic E-state index is 13.6. The van der Waals surface area contributed by atoms with E-state index in [1.807, 2.05) is 24.3 Å². The molecule has 2 aromatic heterocycles. The van der Waals surface area contributed by atoms with Crippen molar-refractivity contribution in [2.45, 2.75) is 6.42 Å². The van der Waals surface area contributed by atoms with E-state index < -0.39 is 11.5 Å². The molecule has 7 nitrogen and oxygen atoms in total. The minimum atomic E-state index is -0.656. The highest BCUT2D eigenvalue weighted by Crippen LogP contribution is 2.33. The topological polar surface area (TPSA) is 75.9 Å². The summed E-state index contributed by atoms with van der Waals surface area (Å²) in [5.74, 6) is -0.424. The number of hydrogen-bond donors (Lipinski definition) is 0. The fourth-order valence-electron chi connectivity index (χ4n) is 3.94. The van der Waals surface area contributed by atoms with E-state index in [-0.39, 0.29) is 18.0 Å². The van der Waals surface area contributed by atoms with Crippen LogP contribution in [-0.4, -0.2) is 55.2 Å². The Morgan fingerprint density at radius 2 is 1.94 bits per heavy atom. The summed E-state index contributed by atoms with van der Waals surface area (Å²) >= 11 is 7.71. The van der Waals surface area contributed by atoms with Gasteiger partial charge >= 0.3 is 5.63 Å². The van der Waals surface area contributed by atoms with Crippen molar-refractivity contribution in [3.8, 4) is 0 Å². The number of benzene rings is 2. The first-order valence-corrected chi connectivity index (χ1v) is 12.0. The van der Waals surface area contributed by atoms with E-state index in [4.69, 9.17) is 20.8 Å². The van der Waals surface area contributed by atoms with Gasteiger partial charge in [0.2, 0.25) is 0 Å². The number of aromatic nitrogens is 1. The quantitative estimate of drug-likeness (QED) is 0.339. The minimum absolute atomic E-state index is 0. The number of carbonyl (C=O) groups is 1. The predicted molar refractivity (Wildman–Crippen MR) is 138 cm³/mol. The summed E-state index contributed by atoms with van der Waals surface area (Å²) in [7, 11) is 0. The Hall–Kier alpha value is -2.49. The number of amides is 1. The first-order valence-electron chi connectivity index (χ1n) is 10.8. The second-order valence-electron chi connectivity index (χ2n) is 7.83. The van der Waals surface area contributed by atoms with Crippen LogP contribution in [0.25, 0.3) is 21.2 Å². The second kappa shape index (κ2) is 10.8. The van der Waals surface area contributed by atoms with Crippen LogP contribution in [0.15, 0.2) is 57.7 Å². The molecule has 4 aromatic rings. The maximum Gasteiger partial charge on any atom is 0.349 e. The largest absolute Gasteiger partial charge is 0.422 e. The van der Waals surface area contributed by atoms with Crippen LogP contribution in [0.2, 0.25) is 5.02 Å². The fourth-order valence-corrected chi connectivity index (χ4v) is 5.23. The molecule has 0 bridgehead atoms. The molecular weight excluding hydrogens is 497 g/mol. The lowest BCUT2D eigenvalue weighted by Gasteiger charge is -2.27. The smallest absolute Gasteiger partial charge is 0.349 e. The number of carbonyl (C=O) groups excluding carboxylic acids is 1. The molecular formula is C24H23Cl2N3O4S. The van der Waals surface area contributed by atoms with Crippen LogP contribution in [0.3, 0.4) is 0 Å². The Labute approximate surface area is 211 Å². The number of hydrogen-bond acceptors (Lipinski definition) is 7. The van der Waals surface area contributed by atoms with E-state index in [0.717, 1.165) is 44.0 Å². The highest BCUT2D eigenvalue weighted by atomic mass is 35.5. The van der Waals surface area contributed by atoms with Crippen molar-refractivity contribution in [3.63, 3.8) is 0 Å². The van der Waals surface area contributed by atoms with E-state index >= 15 is 0 Å². The van der Waals surface area contributed by atoms with Gasteiger partial charge in [-0.1, -0.05) is 47.2 Å². The maximum atomic E-state index is 13.6. The summed E-state index contributed by atoms with van der Waals surface area (Å²) in [5, 5.41) is 1.74. The predicted octanol–water partition coefficient (Wildman–Crippen LogP) is 4.85. The van der Waals surface area contributed by atoms with E-state index in [1.54, 1.807) is 29.2 Å². The fraction of sp³-hybridized carbons (Fsp3) is 0.292. The van der Waals surface area contributed by atoms with Crippen LogP contribution < -0.4 is 10.5 Å². The Morgan fingerprint density at radius 1 is 1.15 bits per heavy atom. The van der Waals surface area contributed by atoms with E-state index in [2.05, 4.69) is 9.88 Å². The van der Waals surface area contributed by atoms with Gasteiger partial charge in [-0.3, -0.25) is 14.6 Å². The number of morpholine rings is 1. The normalized spacial score (nSPS) is 14.3. The van der Waals surface area contributed by atoms with Crippen molar-refractivity contribution in [2.24, 2.45) is 0 Å². The lowest BCUT2D eigenvalue weighted by molar-refractivity contribution is 0.0376. The van der Waals surface area contributed by atoms with Gasteiger partial charge in [-0.2, -0.15) is 0 Å². The molecule has 1 aliphatic rings. The summed E-state index contributed by atoms with van der Waals surface area (Å²) in [4.78, 5) is 34.8. The molecule has 10 heteroatoms. The molecule has 0 spiro atoms. The van der Waals surface area contributed by atoms with E-state index in [9.17, 15) is 9.59 Å². The van der Waals surface area contributed by atoms with Gasteiger partial charge in [0.15, 0.2) is 5.13 Å². The highest BCUT2D eigenvalue weighted by Gasteiger charge is 2.25. The van der Waals surface area contributed by atoms with Crippen LogP contribution >= 0.6 is 35.3 Å². The molecule has 0 saturated carbocycles. The third-order valence-electron chi connectivity index (χ3n) is 5.67. The van der Waals surface area contributed by atoms with Gasteiger partial charge in [0.05, 0.1) is 22.9 Å². The summed E-state index contributed by atoms with van der Waals surface area (Å²) in [6.07, 6.45) is 0.730. The van der Waals surface area contributed by atoms with Gasteiger partial charge in [0, 0.05) is 31.6 Å². The average molecular weight is 520 g/mol. The van der Waals surface area contributed by atoms with Crippen molar-refractivity contribution >= 4 is 67.6 Å². The zero-order valence-corrected chi connectivity index (χ0v) is 20.6. The standard InChI is InChI=1S/C24H22ClN3O4S.ClH/c25-18-6-3-8-20-21(18)26-24(33-20)28(10-4-9-27-11-13-31-14-12-27)22(29)17-15-16-5-1-2-7-19(16)32-23(17)30;/h1-3,5-8,15H,4,9-14H2;1H. The highest BCUT2D eigenvalue weighted by molar-refractivity contribution is 7.22. The first kappa shape index (κ1) is 24.6.